The zero-order chi connectivity index (χ0) is 90.0. The van der Waals surface area contributed by atoms with E-state index in [0.717, 1.165) is 144 Å². The van der Waals surface area contributed by atoms with Gasteiger partial charge in [0.1, 0.15) is 0 Å². The summed E-state index contributed by atoms with van der Waals surface area (Å²) in [5, 5.41) is 1.52. The number of imide groups is 2. The molecule has 18 nitrogen and oxygen atoms in total. The van der Waals surface area contributed by atoms with Gasteiger partial charge in [-0.1, -0.05) is 297 Å². The lowest BCUT2D eigenvalue weighted by Gasteiger charge is -2.44. The van der Waals surface area contributed by atoms with Crippen LogP contribution >= 0.6 is 0 Å². The molecule has 6 heterocycles. The summed E-state index contributed by atoms with van der Waals surface area (Å²) in [5.41, 5.74) is -3.29. The zero-order valence-electron chi connectivity index (χ0n) is 79.5. The van der Waals surface area contributed by atoms with Crippen molar-refractivity contribution in [2.75, 3.05) is 13.1 Å². The summed E-state index contributed by atoms with van der Waals surface area (Å²) < 4.78 is 5.32. The van der Waals surface area contributed by atoms with Crippen LogP contribution < -0.4 is 44.5 Å². The molecule has 2 aromatic carbocycles. The molecule has 5 saturated carbocycles. The van der Waals surface area contributed by atoms with E-state index in [4.69, 9.17) is 0 Å². The van der Waals surface area contributed by atoms with Crippen LogP contribution in [0, 0.1) is 82.9 Å². The first-order valence-electron chi connectivity index (χ1n) is 53.3. The highest BCUT2D eigenvalue weighted by molar-refractivity contribution is 6.13. The summed E-state index contributed by atoms with van der Waals surface area (Å²) >= 11 is 0. The molecule has 128 heavy (non-hydrogen) atoms. The molecule has 13 rings (SSSR count). The van der Waals surface area contributed by atoms with Crippen molar-refractivity contribution < 1.29 is 19.2 Å². The van der Waals surface area contributed by atoms with Gasteiger partial charge in [-0.2, -0.15) is 0 Å². The fraction of sp³-hybridized carbons (Fsp3) is 0.745. The summed E-state index contributed by atoms with van der Waals surface area (Å²) in [5.74, 6) is 7.08. The number of rotatable bonds is 62. The number of carbonyl (C=O) groups is 4. The molecular formula is C110H162N6O12. The normalized spacial score (nSPS) is 24.1. The van der Waals surface area contributed by atoms with Crippen molar-refractivity contribution >= 4 is 66.7 Å². The van der Waals surface area contributed by atoms with E-state index in [2.05, 4.69) is 27.7 Å². The highest BCUT2D eigenvalue weighted by atomic mass is 16.2. The molecule has 4 aromatic heterocycles. The number of hydrogen-bond donors (Lipinski definition) is 0. The predicted molar refractivity (Wildman–Crippen MR) is 521 cm³/mol. The maximum absolute atomic E-state index is 14.4. The molecular weight excluding hydrogens is 1600 g/mol. The van der Waals surface area contributed by atoms with E-state index in [1.54, 1.807) is 0 Å². The molecule has 4 amide bonds. The van der Waals surface area contributed by atoms with E-state index in [0.29, 0.717) is 62.7 Å². The van der Waals surface area contributed by atoms with Crippen molar-refractivity contribution in [1.82, 2.24) is 28.1 Å². The van der Waals surface area contributed by atoms with E-state index in [1.165, 1.54) is 333 Å². The summed E-state index contributed by atoms with van der Waals surface area (Å²) in [4.78, 5) is 165. The average Bonchev–Trinajstić information content (AvgIpc) is 1.58. The number of hydrogen-bond acceptors (Lipinski definition) is 12. The van der Waals surface area contributed by atoms with Gasteiger partial charge in [0.15, 0.2) is 0 Å². The van der Waals surface area contributed by atoms with E-state index in [-0.39, 0.29) is 97.6 Å². The van der Waals surface area contributed by atoms with Gasteiger partial charge in [-0.05, 0) is 210 Å². The fourth-order valence-corrected chi connectivity index (χ4v) is 26.8. The van der Waals surface area contributed by atoms with Crippen LogP contribution in [0.1, 0.15) is 400 Å². The van der Waals surface area contributed by atoms with Gasteiger partial charge in [0.2, 0.25) is 0 Å². The fourth-order valence-electron chi connectivity index (χ4n) is 26.8. The van der Waals surface area contributed by atoms with E-state index in [9.17, 15) is 57.5 Å². The van der Waals surface area contributed by atoms with E-state index in [1.807, 2.05) is 0 Å². The van der Waals surface area contributed by atoms with Gasteiger partial charge in [0.05, 0.1) is 43.1 Å². The first-order chi connectivity index (χ1) is 62.4. The quantitative estimate of drug-likeness (QED) is 0.0256. The van der Waals surface area contributed by atoms with Crippen LogP contribution in [-0.2, 0) is 45.4 Å². The van der Waals surface area contributed by atoms with Crippen molar-refractivity contribution in [3.05, 3.63) is 131 Å². The first kappa shape index (κ1) is 98.3. The molecule has 5 aliphatic carbocycles. The van der Waals surface area contributed by atoms with Crippen molar-refractivity contribution in [3.63, 3.8) is 0 Å². The molecule has 2 bridgehead atoms. The molecule has 6 aromatic rings. The van der Waals surface area contributed by atoms with Crippen molar-refractivity contribution in [3.8, 4) is 0 Å². The minimum atomic E-state index is -0.424. The maximum atomic E-state index is 14.4. The Morgan fingerprint density at radius 1 is 0.227 bits per heavy atom. The number of aromatic nitrogens is 4. The molecule has 5 fully saturated rings. The molecule has 14 unspecified atom stereocenters. The molecule has 704 valence electrons. The lowest BCUT2D eigenvalue weighted by atomic mass is 9.61. The Labute approximate surface area is 763 Å². The molecule has 0 saturated heterocycles. The third-order valence-corrected chi connectivity index (χ3v) is 33.7. The van der Waals surface area contributed by atoms with Crippen molar-refractivity contribution in [2.45, 2.75) is 426 Å². The number of nitrogens with zero attached hydrogens (tertiary/aromatic N) is 6. The smallest absolute Gasteiger partial charge is 0.261 e. The third-order valence-electron chi connectivity index (χ3n) is 33.7. The number of fused-ring (bicyclic) bond motifs is 9. The van der Waals surface area contributed by atoms with Crippen LogP contribution in [0.3, 0.4) is 0 Å². The molecule has 0 spiro atoms. The molecule has 2 aliphatic heterocycles. The third kappa shape index (κ3) is 24.6. The van der Waals surface area contributed by atoms with Crippen LogP contribution in [-0.4, -0.2) is 64.8 Å². The van der Waals surface area contributed by atoms with Crippen LogP contribution in [0.2, 0.25) is 0 Å². The van der Waals surface area contributed by atoms with E-state index < -0.39 is 44.5 Å². The van der Waals surface area contributed by atoms with Gasteiger partial charge >= 0.3 is 0 Å². The second-order valence-electron chi connectivity index (χ2n) is 42.1. The summed E-state index contributed by atoms with van der Waals surface area (Å²) in [6, 6.07) is 6.01. The number of carbonyl (C=O) groups excluding carboxylic acids is 4. The number of amides is 4. The Balaban J connectivity index is 0.561. The number of unbranched alkanes of at least 4 members (excludes halogenated alkanes) is 34. The zero-order valence-corrected chi connectivity index (χ0v) is 79.5. The number of benzene rings is 2. The first-order valence-corrected chi connectivity index (χ1v) is 53.3. The standard InChI is InChI=1S/C110H162N6O12/c1-5-9-13-17-26-39-51-84-78(47-35-15-11-7-3)55-57-80(86(84)53-41-28-20-23-31-43-63-111-99(117)59-60-100(111)118)49-37-25-19-22-33-45-65-113-105(123)93-73-97-98(74-94(93)106(113)124)110(128)116(109(97)127)76-83-69-82-70-89(83)90-68-77(67-88(82)90)75-115-107(125)95-71-91-92(72-96(95)108(115)126)104(122)114(103(91)121)66-46-34-30-38-50-81-58-56-79(48-36-16-12-8-4)85(52-40-27-18-14-10-6-2)87(81)54-42-29-21-24-32-44-64-112-101(119)61-62-102(112)120/h59-62,71-74,77-90H,5-58,63-70,75-76H2,1-4H3. The van der Waals surface area contributed by atoms with Gasteiger partial charge in [-0.25, -0.2) is 0 Å². The van der Waals surface area contributed by atoms with Gasteiger partial charge in [0.25, 0.3) is 68.1 Å². The van der Waals surface area contributed by atoms with Crippen LogP contribution in [0.15, 0.2) is 86.9 Å². The van der Waals surface area contributed by atoms with Gasteiger partial charge in [-0.15, -0.1) is 0 Å². The summed E-state index contributed by atoms with van der Waals surface area (Å²) in [7, 11) is 0. The topological polar surface area (TPSA) is 231 Å². The highest BCUT2D eigenvalue weighted by Gasteiger charge is 2.56. The molecule has 0 N–H and O–H groups in total. The molecule has 14 atom stereocenters. The Morgan fingerprint density at radius 3 is 0.773 bits per heavy atom. The molecule has 7 aliphatic rings. The SMILES string of the molecule is CCCCCCCCC1C(CCCCCC)CCC(CCCCCCCCn2c(=O)c3cc4c(=O)n(CC5CC6CC5C5CC(Cn7c(=O)c8cc9c(=O)n(CCCCCCC%10CCC(CCCCCC)C(CCCCCCCC)C%10CCCCCCCCN%10C(=O)C=CC%10=O)c(=O)c9cc8c7=O)CC65)c(=O)c4cc3c2=O)C1CCCCCCCCN1C(=O)C=CC1=O. The highest BCUT2D eigenvalue weighted by Crippen LogP contribution is 2.63. The monoisotopic (exact) mass is 1760 g/mol. The average molecular weight is 1760 g/mol. The summed E-state index contributed by atoms with van der Waals surface area (Å²) in [6.45, 7) is 11.4. The molecule has 0 radical (unpaired) electrons. The Hall–Kier alpha value is -7.24. The van der Waals surface area contributed by atoms with Gasteiger partial charge in [-0.3, -0.25) is 85.6 Å². The van der Waals surface area contributed by atoms with E-state index >= 15 is 0 Å². The Morgan fingerprint density at radius 2 is 0.469 bits per heavy atom. The Kier molecular flexibility index (Phi) is 38.0. The predicted octanol–water partition coefficient (Wildman–Crippen LogP) is 23.1. The minimum absolute atomic E-state index is 0.0605. The second-order valence-corrected chi connectivity index (χ2v) is 42.1. The van der Waals surface area contributed by atoms with Crippen molar-refractivity contribution in [1.29, 1.82) is 0 Å². The van der Waals surface area contributed by atoms with Gasteiger partial charge in [0, 0.05) is 63.6 Å². The lowest BCUT2D eigenvalue weighted by Crippen LogP contribution is -2.35. The van der Waals surface area contributed by atoms with Gasteiger partial charge < -0.3 is 0 Å². The van der Waals surface area contributed by atoms with Crippen LogP contribution in [0.5, 0.6) is 0 Å². The minimum Gasteiger partial charge on any atom is -0.275 e. The summed E-state index contributed by atoms with van der Waals surface area (Å²) in [6.07, 6.45) is 75.1. The van der Waals surface area contributed by atoms with Crippen molar-refractivity contribution in [2.24, 2.45) is 82.9 Å². The van der Waals surface area contributed by atoms with Crippen LogP contribution in [0.4, 0.5) is 0 Å². The largest absolute Gasteiger partial charge is 0.275 e. The Bertz CT molecular complexity index is 4920. The lowest BCUT2D eigenvalue weighted by molar-refractivity contribution is -0.138. The second kappa shape index (κ2) is 49.5. The van der Waals surface area contributed by atoms with Crippen LogP contribution in [0.25, 0.3) is 43.1 Å². The maximum Gasteiger partial charge on any atom is 0.261 e. The molecule has 18 heteroatoms.